The molecule has 1 aromatic carbocycles. The Hall–Kier alpha value is -1.87. The summed E-state index contributed by atoms with van der Waals surface area (Å²) in [7, 11) is 0. The number of amides is 1. The molecule has 1 heterocycles. The van der Waals surface area contributed by atoms with Crippen molar-refractivity contribution < 1.29 is 9.90 Å². The number of aryl methyl sites for hydroxylation is 1. The Kier molecular flexibility index (Phi) is 5.34. The van der Waals surface area contributed by atoms with Crippen molar-refractivity contribution >= 4 is 34.5 Å². The second-order valence-corrected chi connectivity index (χ2v) is 5.48. The molecule has 21 heavy (non-hydrogen) atoms. The lowest BCUT2D eigenvalue weighted by Crippen LogP contribution is -2.12. The maximum atomic E-state index is 12.2. The van der Waals surface area contributed by atoms with E-state index in [4.69, 9.17) is 16.7 Å². The van der Waals surface area contributed by atoms with E-state index in [1.54, 1.807) is 30.6 Å². The molecule has 1 aromatic heterocycles. The fraction of sp³-hybridized carbons (Fsp3) is 0.200. The molecular weight excluding hydrogens is 308 g/mol. The molecule has 0 saturated heterocycles. The summed E-state index contributed by atoms with van der Waals surface area (Å²) in [5.74, 6) is 5.50. The number of halogens is 1. The highest BCUT2D eigenvalue weighted by atomic mass is 35.5. The van der Waals surface area contributed by atoms with Gasteiger partial charge in [-0.1, -0.05) is 23.4 Å². The van der Waals surface area contributed by atoms with E-state index in [1.807, 2.05) is 0 Å². The van der Waals surface area contributed by atoms with Crippen LogP contribution in [0.1, 0.15) is 27.3 Å². The van der Waals surface area contributed by atoms with E-state index in [0.717, 1.165) is 0 Å². The van der Waals surface area contributed by atoms with Crippen molar-refractivity contribution in [2.75, 3.05) is 11.9 Å². The molecule has 0 aliphatic rings. The van der Waals surface area contributed by atoms with Crippen LogP contribution < -0.4 is 5.32 Å². The highest BCUT2D eigenvalue weighted by molar-refractivity contribution is 7.12. The highest BCUT2D eigenvalue weighted by Crippen LogP contribution is 2.22. The van der Waals surface area contributed by atoms with E-state index >= 15 is 0 Å². The molecule has 0 bridgehead atoms. The first-order chi connectivity index (χ1) is 10.1. The van der Waals surface area contributed by atoms with Gasteiger partial charge >= 0.3 is 0 Å². The van der Waals surface area contributed by atoms with Gasteiger partial charge in [-0.05, 0) is 25.1 Å². The smallest absolute Gasteiger partial charge is 0.267 e. The molecule has 1 amide bonds. The Labute approximate surface area is 131 Å². The van der Waals surface area contributed by atoms with Crippen molar-refractivity contribution in [3.05, 3.63) is 44.9 Å². The summed E-state index contributed by atoms with van der Waals surface area (Å²) in [4.78, 5) is 16.8. The van der Waals surface area contributed by atoms with Crippen LogP contribution >= 0.6 is 22.9 Å². The molecule has 0 saturated carbocycles. The van der Waals surface area contributed by atoms with Crippen molar-refractivity contribution in [1.82, 2.24) is 4.98 Å². The number of nitrogens with zero attached hydrogens (tertiary/aromatic N) is 1. The fourth-order valence-electron chi connectivity index (χ4n) is 1.64. The molecule has 2 rings (SSSR count). The van der Waals surface area contributed by atoms with E-state index < -0.39 is 0 Å². The number of aliphatic hydroxyl groups is 1. The van der Waals surface area contributed by atoms with Crippen LogP contribution in [0.3, 0.4) is 0 Å². The van der Waals surface area contributed by atoms with Crippen molar-refractivity contribution in [1.29, 1.82) is 0 Å². The Balaban J connectivity index is 2.27. The Morgan fingerprint density at radius 3 is 3.00 bits per heavy atom. The minimum atomic E-state index is -0.234. The van der Waals surface area contributed by atoms with Crippen LogP contribution in [0, 0.1) is 18.8 Å². The SMILES string of the molecule is Cc1ncsc1C(=O)Nc1cc(Cl)ccc1C#CCCO. The van der Waals surface area contributed by atoms with Gasteiger partial charge in [-0.25, -0.2) is 4.98 Å². The molecule has 0 spiro atoms. The largest absolute Gasteiger partial charge is 0.395 e. The molecule has 0 unspecified atom stereocenters. The van der Waals surface area contributed by atoms with Crippen LogP contribution in [0.5, 0.6) is 0 Å². The average Bonchev–Trinajstić information content (AvgIpc) is 2.88. The number of aromatic nitrogens is 1. The van der Waals surface area contributed by atoms with Gasteiger partial charge in [0.1, 0.15) is 4.88 Å². The first-order valence-corrected chi connectivity index (χ1v) is 7.48. The van der Waals surface area contributed by atoms with Crippen LogP contribution in [0.2, 0.25) is 5.02 Å². The second kappa shape index (κ2) is 7.23. The minimum absolute atomic E-state index is 0.00232. The van der Waals surface area contributed by atoms with Crippen LogP contribution in [0.4, 0.5) is 5.69 Å². The molecule has 2 N–H and O–H groups in total. The zero-order valence-electron chi connectivity index (χ0n) is 11.3. The van der Waals surface area contributed by atoms with Gasteiger partial charge in [0, 0.05) is 17.0 Å². The van der Waals surface area contributed by atoms with Gasteiger partial charge in [-0.3, -0.25) is 4.79 Å². The predicted molar refractivity (Wildman–Crippen MR) is 84.8 cm³/mol. The number of aliphatic hydroxyl groups excluding tert-OH is 1. The van der Waals surface area contributed by atoms with Gasteiger partial charge in [-0.2, -0.15) is 0 Å². The molecule has 4 nitrogen and oxygen atoms in total. The third-order valence-corrected chi connectivity index (χ3v) is 3.80. The van der Waals surface area contributed by atoms with Crippen LogP contribution in [-0.4, -0.2) is 22.6 Å². The number of hydrogen-bond donors (Lipinski definition) is 2. The number of carbonyl (C=O) groups excluding carboxylic acids is 1. The van der Waals surface area contributed by atoms with Crippen LogP contribution in [0.25, 0.3) is 0 Å². The van der Waals surface area contributed by atoms with E-state index in [9.17, 15) is 4.79 Å². The summed E-state index contributed by atoms with van der Waals surface area (Å²) in [5, 5.41) is 12.1. The summed E-state index contributed by atoms with van der Waals surface area (Å²) < 4.78 is 0. The van der Waals surface area contributed by atoms with Crippen LogP contribution in [0.15, 0.2) is 23.7 Å². The molecule has 0 aliphatic carbocycles. The molecule has 0 fully saturated rings. The van der Waals surface area contributed by atoms with Crippen molar-refractivity contribution in [2.45, 2.75) is 13.3 Å². The number of thiazole rings is 1. The van der Waals surface area contributed by atoms with Crippen molar-refractivity contribution in [3.63, 3.8) is 0 Å². The van der Waals surface area contributed by atoms with E-state index in [-0.39, 0.29) is 12.5 Å². The summed E-state index contributed by atoms with van der Waals surface area (Å²) >= 11 is 7.25. The predicted octanol–water partition coefficient (Wildman–Crippen LogP) is 3.09. The van der Waals surface area contributed by atoms with Crippen molar-refractivity contribution in [3.8, 4) is 11.8 Å². The molecule has 0 atom stereocenters. The number of rotatable bonds is 3. The van der Waals surface area contributed by atoms with Gasteiger partial charge in [0.05, 0.1) is 23.5 Å². The summed E-state index contributed by atoms with van der Waals surface area (Å²) in [6.45, 7) is 1.79. The zero-order valence-corrected chi connectivity index (χ0v) is 12.9. The fourth-order valence-corrected chi connectivity index (χ4v) is 2.51. The molecule has 0 aliphatic heterocycles. The van der Waals surface area contributed by atoms with E-state index in [2.05, 4.69) is 22.1 Å². The Morgan fingerprint density at radius 1 is 1.52 bits per heavy atom. The monoisotopic (exact) mass is 320 g/mol. The molecule has 2 aromatic rings. The summed E-state index contributed by atoms with van der Waals surface area (Å²) in [6, 6.07) is 5.10. The first-order valence-electron chi connectivity index (χ1n) is 6.22. The number of anilines is 1. The van der Waals surface area contributed by atoms with E-state index in [1.165, 1.54) is 11.3 Å². The van der Waals surface area contributed by atoms with Gasteiger partial charge in [0.2, 0.25) is 0 Å². The lowest BCUT2D eigenvalue weighted by Gasteiger charge is -2.07. The zero-order chi connectivity index (χ0) is 15.2. The third kappa shape index (κ3) is 4.05. The molecule has 6 heteroatoms. The second-order valence-electron chi connectivity index (χ2n) is 4.19. The van der Waals surface area contributed by atoms with Gasteiger partial charge < -0.3 is 10.4 Å². The van der Waals surface area contributed by atoms with Gasteiger partial charge in [0.25, 0.3) is 5.91 Å². The summed E-state index contributed by atoms with van der Waals surface area (Å²) in [6.07, 6.45) is 0.379. The number of nitrogens with one attached hydrogen (secondary N) is 1. The lowest BCUT2D eigenvalue weighted by atomic mass is 10.1. The Morgan fingerprint density at radius 2 is 2.33 bits per heavy atom. The Bertz CT molecular complexity index is 716. The minimum Gasteiger partial charge on any atom is -0.395 e. The van der Waals surface area contributed by atoms with Crippen LogP contribution in [-0.2, 0) is 0 Å². The molecular formula is C15H13ClN2O2S. The maximum Gasteiger partial charge on any atom is 0.267 e. The normalized spacial score (nSPS) is 9.86. The average molecular weight is 321 g/mol. The maximum absolute atomic E-state index is 12.2. The quantitative estimate of drug-likeness (QED) is 0.854. The number of benzene rings is 1. The molecule has 0 radical (unpaired) electrons. The molecule has 108 valence electrons. The first kappa shape index (κ1) is 15.5. The third-order valence-electron chi connectivity index (χ3n) is 2.64. The van der Waals surface area contributed by atoms with Gasteiger partial charge in [-0.15, -0.1) is 11.3 Å². The summed E-state index contributed by atoms with van der Waals surface area (Å²) in [5.41, 5.74) is 3.52. The lowest BCUT2D eigenvalue weighted by molar-refractivity contribution is 0.103. The van der Waals surface area contributed by atoms with E-state index in [0.29, 0.717) is 33.3 Å². The standard InChI is InChI=1S/C15H13ClN2O2S/c1-10-14(21-9-17-10)15(20)18-13-8-12(16)6-5-11(13)4-2-3-7-19/h5-6,8-9,19H,3,7H2,1H3,(H,18,20). The topological polar surface area (TPSA) is 62.2 Å². The highest BCUT2D eigenvalue weighted by Gasteiger charge is 2.13. The van der Waals surface area contributed by atoms with Crippen molar-refractivity contribution in [2.24, 2.45) is 0 Å². The van der Waals surface area contributed by atoms with Gasteiger partial charge in [0.15, 0.2) is 0 Å². The number of hydrogen-bond acceptors (Lipinski definition) is 4. The number of carbonyl (C=O) groups is 1.